The molecule has 0 aromatic heterocycles. The van der Waals surface area contributed by atoms with E-state index in [4.69, 9.17) is 0 Å². The second kappa shape index (κ2) is 12.7. The van der Waals surface area contributed by atoms with E-state index in [1.807, 2.05) is 25.7 Å². The van der Waals surface area contributed by atoms with Gasteiger partial charge in [0, 0.05) is 37.2 Å². The molecule has 33 heavy (non-hydrogen) atoms. The van der Waals surface area contributed by atoms with Crippen molar-refractivity contribution in [3.8, 4) is 0 Å². The van der Waals surface area contributed by atoms with Crippen molar-refractivity contribution in [3.05, 3.63) is 35.6 Å². The van der Waals surface area contributed by atoms with Crippen LogP contribution >= 0.6 is 0 Å². The van der Waals surface area contributed by atoms with Gasteiger partial charge in [-0.25, -0.2) is 4.39 Å². The van der Waals surface area contributed by atoms with E-state index in [0.29, 0.717) is 26.1 Å². The molecular formula is C26H40FN3O3. The predicted molar refractivity (Wildman–Crippen MR) is 128 cm³/mol. The Bertz CT molecular complexity index is 816. The highest BCUT2D eigenvalue weighted by Gasteiger charge is 2.36. The molecule has 184 valence electrons. The monoisotopic (exact) mass is 461 g/mol. The largest absolute Gasteiger partial charge is 0.340 e. The van der Waals surface area contributed by atoms with Gasteiger partial charge in [0.05, 0.1) is 0 Å². The van der Waals surface area contributed by atoms with E-state index in [1.165, 1.54) is 24.3 Å². The molecule has 0 bridgehead atoms. The van der Waals surface area contributed by atoms with Crippen LogP contribution in [0, 0.1) is 17.7 Å². The van der Waals surface area contributed by atoms with Crippen LogP contribution in [0.15, 0.2) is 24.3 Å². The summed E-state index contributed by atoms with van der Waals surface area (Å²) in [6.45, 7) is 11.5. The van der Waals surface area contributed by atoms with Gasteiger partial charge in [0.2, 0.25) is 11.8 Å². The molecule has 1 aliphatic heterocycles. The lowest BCUT2D eigenvalue weighted by Crippen LogP contribution is -2.60. The Morgan fingerprint density at radius 1 is 1.12 bits per heavy atom. The maximum absolute atomic E-state index is 13.5. The van der Waals surface area contributed by atoms with E-state index < -0.39 is 17.8 Å². The molecule has 4 unspecified atom stereocenters. The normalized spacial score (nSPS) is 19.0. The molecule has 1 aromatic carbocycles. The molecule has 0 spiro atoms. The zero-order valence-electron chi connectivity index (χ0n) is 20.8. The van der Waals surface area contributed by atoms with Gasteiger partial charge in [0.25, 0.3) is 5.91 Å². The fourth-order valence-electron chi connectivity index (χ4n) is 4.41. The molecule has 4 atom stereocenters. The fraction of sp³-hybridized carbons (Fsp3) is 0.654. The minimum atomic E-state index is -0.701. The fourth-order valence-corrected chi connectivity index (χ4v) is 4.41. The van der Waals surface area contributed by atoms with E-state index in [1.54, 1.807) is 4.90 Å². The third kappa shape index (κ3) is 7.02. The molecule has 6 nitrogen and oxygen atoms in total. The average Bonchev–Trinajstić information content (AvgIpc) is 2.81. The summed E-state index contributed by atoms with van der Waals surface area (Å²) in [7, 11) is 0. The van der Waals surface area contributed by atoms with Crippen molar-refractivity contribution < 1.29 is 18.8 Å². The van der Waals surface area contributed by atoms with Crippen LogP contribution < -0.4 is 5.32 Å². The van der Waals surface area contributed by atoms with E-state index in [-0.39, 0.29) is 35.3 Å². The van der Waals surface area contributed by atoms with Crippen molar-refractivity contribution in [2.24, 2.45) is 11.8 Å². The molecule has 0 aliphatic carbocycles. The van der Waals surface area contributed by atoms with Crippen molar-refractivity contribution in [2.75, 3.05) is 19.6 Å². The van der Waals surface area contributed by atoms with Gasteiger partial charge in [0.1, 0.15) is 11.9 Å². The predicted octanol–water partition coefficient (Wildman–Crippen LogP) is 4.25. The van der Waals surface area contributed by atoms with Crippen LogP contribution in [0.3, 0.4) is 0 Å². The number of amides is 3. The summed E-state index contributed by atoms with van der Waals surface area (Å²) in [5.74, 6) is -0.962. The van der Waals surface area contributed by atoms with Gasteiger partial charge >= 0.3 is 0 Å². The van der Waals surface area contributed by atoms with E-state index in [9.17, 15) is 18.8 Å². The first-order valence-electron chi connectivity index (χ1n) is 12.4. The molecule has 0 radical (unpaired) electrons. The van der Waals surface area contributed by atoms with E-state index in [0.717, 1.165) is 25.7 Å². The number of carbonyl (C=O) groups is 3. The first-order valence-corrected chi connectivity index (χ1v) is 12.4. The first kappa shape index (κ1) is 26.8. The van der Waals surface area contributed by atoms with Gasteiger partial charge in [0.15, 0.2) is 0 Å². The molecule has 3 amide bonds. The Balaban J connectivity index is 2.08. The molecule has 1 N–H and O–H groups in total. The number of hydrogen-bond donors (Lipinski definition) is 1. The molecule has 1 heterocycles. The van der Waals surface area contributed by atoms with Gasteiger partial charge < -0.3 is 15.1 Å². The average molecular weight is 462 g/mol. The number of carbonyl (C=O) groups excluding carboxylic acids is 3. The summed E-state index contributed by atoms with van der Waals surface area (Å²) in [4.78, 5) is 42.9. The van der Waals surface area contributed by atoms with Crippen LogP contribution in [0.5, 0.6) is 0 Å². The highest BCUT2D eigenvalue weighted by Crippen LogP contribution is 2.21. The molecule has 1 aliphatic rings. The Hall–Kier alpha value is -2.44. The van der Waals surface area contributed by atoms with Crippen LogP contribution in [0.4, 0.5) is 4.39 Å². The Morgan fingerprint density at radius 2 is 1.85 bits per heavy atom. The number of benzene rings is 1. The first-order chi connectivity index (χ1) is 15.7. The molecule has 0 saturated carbocycles. The maximum atomic E-state index is 13.5. The summed E-state index contributed by atoms with van der Waals surface area (Å²) in [6, 6.07) is 4.68. The molecular weight excluding hydrogens is 421 g/mol. The highest BCUT2D eigenvalue weighted by molar-refractivity contribution is 5.97. The summed E-state index contributed by atoms with van der Waals surface area (Å²) in [5, 5.41) is 2.83. The number of nitrogens with one attached hydrogen (secondary N) is 1. The lowest BCUT2D eigenvalue weighted by atomic mass is 9.95. The summed E-state index contributed by atoms with van der Waals surface area (Å²) < 4.78 is 13.5. The third-order valence-corrected chi connectivity index (χ3v) is 6.82. The number of piperazine rings is 1. The Morgan fingerprint density at radius 3 is 2.42 bits per heavy atom. The standard InChI is InChI=1S/C26H40FN3O3/c1-6-9-11-20(8-3)25(32)30-15-14-29(17-19(30)5)26(33)23(18(4)7-2)28-24(31)21-12-10-13-22(27)16-21/h10,12-13,16,18-20,23H,6-9,11,14-15,17H2,1-5H3,(H,28,31). The molecule has 1 fully saturated rings. The summed E-state index contributed by atoms with van der Waals surface area (Å²) >= 11 is 0. The van der Waals surface area contributed by atoms with Crippen LogP contribution in [0.1, 0.15) is 77.1 Å². The number of halogens is 1. The third-order valence-electron chi connectivity index (χ3n) is 6.82. The van der Waals surface area contributed by atoms with Gasteiger partial charge in [-0.2, -0.15) is 0 Å². The lowest BCUT2D eigenvalue weighted by molar-refractivity contribution is -0.146. The van der Waals surface area contributed by atoms with Crippen LogP contribution in [0.25, 0.3) is 0 Å². The van der Waals surface area contributed by atoms with Crippen molar-refractivity contribution in [3.63, 3.8) is 0 Å². The minimum absolute atomic E-state index is 0.0352. The lowest BCUT2D eigenvalue weighted by Gasteiger charge is -2.42. The SMILES string of the molecule is CCCCC(CC)C(=O)N1CCN(C(=O)C(NC(=O)c2cccc(F)c2)C(C)CC)CC1C. The number of nitrogens with zero attached hydrogens (tertiary/aromatic N) is 2. The van der Waals surface area contributed by atoms with Gasteiger partial charge in [-0.15, -0.1) is 0 Å². The van der Waals surface area contributed by atoms with E-state index in [2.05, 4.69) is 19.2 Å². The Kier molecular flexibility index (Phi) is 10.3. The van der Waals surface area contributed by atoms with Gasteiger partial charge in [-0.05, 0) is 43.9 Å². The van der Waals surface area contributed by atoms with Crippen LogP contribution in [-0.2, 0) is 9.59 Å². The maximum Gasteiger partial charge on any atom is 0.252 e. The van der Waals surface area contributed by atoms with Crippen molar-refractivity contribution in [2.45, 2.75) is 78.8 Å². The second-order valence-electron chi connectivity index (χ2n) is 9.26. The summed E-state index contributed by atoms with van der Waals surface area (Å²) in [5.41, 5.74) is 0.192. The summed E-state index contributed by atoms with van der Waals surface area (Å²) in [6.07, 6.45) is 4.55. The highest BCUT2D eigenvalue weighted by atomic mass is 19.1. The zero-order valence-corrected chi connectivity index (χ0v) is 20.8. The molecule has 7 heteroatoms. The van der Waals surface area contributed by atoms with Gasteiger partial charge in [-0.3, -0.25) is 14.4 Å². The van der Waals surface area contributed by atoms with Crippen LogP contribution in [-0.4, -0.2) is 59.2 Å². The number of rotatable bonds is 10. The van der Waals surface area contributed by atoms with Crippen molar-refractivity contribution in [1.82, 2.24) is 15.1 Å². The molecule has 2 rings (SSSR count). The quantitative estimate of drug-likeness (QED) is 0.566. The smallest absolute Gasteiger partial charge is 0.252 e. The van der Waals surface area contributed by atoms with Crippen molar-refractivity contribution in [1.29, 1.82) is 0 Å². The van der Waals surface area contributed by atoms with Crippen molar-refractivity contribution >= 4 is 17.7 Å². The molecule has 1 saturated heterocycles. The van der Waals surface area contributed by atoms with E-state index >= 15 is 0 Å². The number of hydrogen-bond acceptors (Lipinski definition) is 3. The topological polar surface area (TPSA) is 69.7 Å². The van der Waals surface area contributed by atoms with Gasteiger partial charge in [-0.1, -0.05) is 53.0 Å². The molecule has 1 aromatic rings. The second-order valence-corrected chi connectivity index (χ2v) is 9.26. The number of unbranched alkanes of at least 4 members (excludes halogenated alkanes) is 1. The minimum Gasteiger partial charge on any atom is -0.340 e. The van der Waals surface area contributed by atoms with Crippen LogP contribution in [0.2, 0.25) is 0 Å². The Labute approximate surface area is 197 Å². The zero-order chi connectivity index (χ0) is 24.5.